The Morgan fingerprint density at radius 1 is 1.11 bits per heavy atom. The van der Waals surface area contributed by atoms with Crippen molar-refractivity contribution in [1.29, 1.82) is 0 Å². The van der Waals surface area contributed by atoms with Crippen molar-refractivity contribution in [2.45, 2.75) is 56.9 Å². The molecule has 0 aromatic heterocycles. The zero-order chi connectivity index (χ0) is 19.6. The van der Waals surface area contributed by atoms with E-state index in [4.69, 9.17) is 0 Å². The van der Waals surface area contributed by atoms with Gasteiger partial charge in [0.05, 0.1) is 9.82 Å². The number of nitro groups is 1. The number of hydrogen-bond donors (Lipinski definition) is 1. The molecule has 144 valence electrons. The maximum atomic E-state index is 12.8. The number of benzene rings is 2. The lowest BCUT2D eigenvalue weighted by atomic mass is 9.89. The Morgan fingerprint density at radius 2 is 1.81 bits per heavy atom. The van der Waals surface area contributed by atoms with Gasteiger partial charge in [-0.2, -0.15) is 0 Å². The van der Waals surface area contributed by atoms with E-state index in [1.165, 1.54) is 29.7 Å². The molecular weight excluding hydrogens is 364 g/mol. The van der Waals surface area contributed by atoms with Gasteiger partial charge in [0.1, 0.15) is 0 Å². The molecule has 2 aromatic carbocycles. The minimum atomic E-state index is -3.87. The highest BCUT2D eigenvalue weighted by Crippen LogP contribution is 2.28. The van der Waals surface area contributed by atoms with Crippen molar-refractivity contribution in [3.8, 4) is 0 Å². The summed E-state index contributed by atoms with van der Waals surface area (Å²) < 4.78 is 28.3. The van der Waals surface area contributed by atoms with Gasteiger partial charge in [0, 0.05) is 17.7 Å². The first-order chi connectivity index (χ1) is 12.8. The SMILES string of the molecule is CC[C@@H](NS(=O)(=O)c1ccc(C)c([N+](=O)[O-])c1)c1ccc2c(c1)CCCC2. The van der Waals surface area contributed by atoms with Gasteiger partial charge in [0.2, 0.25) is 10.0 Å². The summed E-state index contributed by atoms with van der Waals surface area (Å²) in [4.78, 5) is 10.5. The van der Waals surface area contributed by atoms with Crippen LogP contribution in [0, 0.1) is 17.0 Å². The fraction of sp³-hybridized carbons (Fsp3) is 0.400. The molecule has 0 bridgehead atoms. The molecule has 7 heteroatoms. The van der Waals surface area contributed by atoms with Gasteiger partial charge in [-0.05, 0) is 61.8 Å². The Balaban J connectivity index is 1.89. The van der Waals surface area contributed by atoms with E-state index in [9.17, 15) is 18.5 Å². The molecule has 0 aliphatic heterocycles. The van der Waals surface area contributed by atoms with Crippen LogP contribution in [0.2, 0.25) is 0 Å². The van der Waals surface area contributed by atoms with Crippen molar-refractivity contribution in [2.75, 3.05) is 0 Å². The molecule has 0 amide bonds. The van der Waals surface area contributed by atoms with E-state index in [1.54, 1.807) is 6.92 Å². The number of fused-ring (bicyclic) bond motifs is 1. The van der Waals surface area contributed by atoms with Crippen LogP contribution in [0.4, 0.5) is 5.69 Å². The summed E-state index contributed by atoms with van der Waals surface area (Å²) in [5.74, 6) is 0. The highest BCUT2D eigenvalue weighted by atomic mass is 32.2. The molecule has 0 spiro atoms. The van der Waals surface area contributed by atoms with E-state index in [0.29, 0.717) is 12.0 Å². The maximum absolute atomic E-state index is 12.8. The van der Waals surface area contributed by atoms with E-state index in [2.05, 4.69) is 16.9 Å². The van der Waals surface area contributed by atoms with Crippen LogP contribution in [0.5, 0.6) is 0 Å². The molecule has 27 heavy (non-hydrogen) atoms. The van der Waals surface area contributed by atoms with E-state index >= 15 is 0 Å². The number of nitro benzene ring substituents is 1. The topological polar surface area (TPSA) is 89.3 Å². The first kappa shape index (κ1) is 19.5. The van der Waals surface area contributed by atoms with Gasteiger partial charge in [-0.3, -0.25) is 10.1 Å². The average molecular weight is 388 g/mol. The second kappa shape index (κ2) is 7.78. The lowest BCUT2D eigenvalue weighted by molar-refractivity contribution is -0.385. The summed E-state index contributed by atoms with van der Waals surface area (Å²) in [6, 6.07) is 9.80. The number of sulfonamides is 1. The minimum absolute atomic E-state index is 0.0868. The van der Waals surface area contributed by atoms with Crippen LogP contribution in [0.1, 0.15) is 54.5 Å². The van der Waals surface area contributed by atoms with Gasteiger partial charge in [0.25, 0.3) is 5.69 Å². The van der Waals surface area contributed by atoms with E-state index in [1.807, 2.05) is 13.0 Å². The van der Waals surface area contributed by atoms with Crippen LogP contribution in [0.15, 0.2) is 41.3 Å². The van der Waals surface area contributed by atoms with Gasteiger partial charge in [-0.25, -0.2) is 13.1 Å². The molecule has 1 atom stereocenters. The average Bonchev–Trinajstić information content (AvgIpc) is 2.65. The molecule has 0 fully saturated rings. The predicted octanol–water partition coefficient (Wildman–Crippen LogP) is 4.21. The largest absolute Gasteiger partial charge is 0.273 e. The number of nitrogens with one attached hydrogen (secondary N) is 1. The zero-order valence-corrected chi connectivity index (χ0v) is 16.4. The maximum Gasteiger partial charge on any atom is 0.273 e. The molecule has 0 saturated heterocycles. The molecule has 0 heterocycles. The normalized spacial score (nSPS) is 15.2. The summed E-state index contributed by atoms with van der Waals surface area (Å²) in [5, 5.41) is 11.1. The quantitative estimate of drug-likeness (QED) is 0.593. The van der Waals surface area contributed by atoms with Crippen molar-refractivity contribution in [2.24, 2.45) is 0 Å². The minimum Gasteiger partial charge on any atom is -0.258 e. The Labute approximate surface area is 159 Å². The predicted molar refractivity (Wildman–Crippen MR) is 104 cm³/mol. The standard InChI is InChI=1S/C20H24N2O4S/c1-3-19(17-10-9-15-6-4-5-7-16(15)12-17)21-27(25,26)18-11-8-14(2)20(13-18)22(23)24/h8-13,19,21H,3-7H2,1-2H3/t19-/m1/s1. The Hall–Kier alpha value is -2.25. The monoisotopic (exact) mass is 388 g/mol. The van der Waals surface area contributed by atoms with Gasteiger partial charge in [-0.15, -0.1) is 0 Å². The highest BCUT2D eigenvalue weighted by Gasteiger charge is 2.24. The van der Waals surface area contributed by atoms with Crippen molar-refractivity contribution in [3.63, 3.8) is 0 Å². The van der Waals surface area contributed by atoms with Crippen LogP contribution < -0.4 is 4.72 Å². The molecule has 1 aliphatic rings. The molecule has 0 unspecified atom stereocenters. The van der Waals surface area contributed by atoms with Crippen molar-refractivity contribution in [1.82, 2.24) is 4.72 Å². The van der Waals surface area contributed by atoms with Gasteiger partial charge >= 0.3 is 0 Å². The van der Waals surface area contributed by atoms with Gasteiger partial charge < -0.3 is 0 Å². The molecule has 1 aliphatic carbocycles. The first-order valence-corrected chi connectivity index (χ1v) is 10.7. The number of rotatable bonds is 6. The first-order valence-electron chi connectivity index (χ1n) is 9.21. The van der Waals surface area contributed by atoms with E-state index in [-0.39, 0.29) is 16.6 Å². The van der Waals surface area contributed by atoms with Crippen LogP contribution in [0.25, 0.3) is 0 Å². The Bertz CT molecular complexity index is 970. The summed E-state index contributed by atoms with van der Waals surface area (Å²) in [6.07, 6.45) is 5.04. The molecule has 0 radical (unpaired) electrons. The Morgan fingerprint density at radius 3 is 2.48 bits per heavy atom. The third-order valence-electron chi connectivity index (χ3n) is 5.17. The van der Waals surface area contributed by atoms with Gasteiger partial charge in [-0.1, -0.05) is 31.2 Å². The summed E-state index contributed by atoms with van der Waals surface area (Å²) >= 11 is 0. The lowest BCUT2D eigenvalue weighted by Gasteiger charge is -2.21. The van der Waals surface area contributed by atoms with E-state index < -0.39 is 14.9 Å². The molecule has 2 aromatic rings. The second-order valence-corrected chi connectivity index (χ2v) is 8.74. The summed E-state index contributed by atoms with van der Waals surface area (Å²) in [7, 11) is -3.87. The third-order valence-corrected chi connectivity index (χ3v) is 6.64. The van der Waals surface area contributed by atoms with Crippen molar-refractivity contribution in [3.05, 3.63) is 68.8 Å². The smallest absolute Gasteiger partial charge is 0.258 e. The second-order valence-electron chi connectivity index (χ2n) is 7.02. The molecule has 1 N–H and O–H groups in total. The lowest BCUT2D eigenvalue weighted by Crippen LogP contribution is -2.28. The van der Waals surface area contributed by atoms with Crippen LogP contribution >= 0.6 is 0 Å². The van der Waals surface area contributed by atoms with Gasteiger partial charge in [0.15, 0.2) is 0 Å². The van der Waals surface area contributed by atoms with Crippen LogP contribution in [0.3, 0.4) is 0 Å². The molecule has 0 saturated carbocycles. The summed E-state index contributed by atoms with van der Waals surface area (Å²) in [5.41, 5.74) is 3.81. The van der Waals surface area contributed by atoms with Crippen LogP contribution in [-0.2, 0) is 22.9 Å². The number of nitrogens with zero attached hydrogens (tertiary/aromatic N) is 1. The van der Waals surface area contributed by atoms with E-state index in [0.717, 1.165) is 30.9 Å². The zero-order valence-electron chi connectivity index (χ0n) is 15.6. The highest BCUT2D eigenvalue weighted by molar-refractivity contribution is 7.89. The van der Waals surface area contributed by atoms with Crippen molar-refractivity contribution < 1.29 is 13.3 Å². The fourth-order valence-electron chi connectivity index (χ4n) is 3.57. The number of aryl methyl sites for hydroxylation is 3. The van der Waals surface area contributed by atoms with Crippen molar-refractivity contribution >= 4 is 15.7 Å². The fourth-order valence-corrected chi connectivity index (χ4v) is 4.89. The summed E-state index contributed by atoms with van der Waals surface area (Å²) in [6.45, 7) is 3.51. The molecule has 6 nitrogen and oxygen atoms in total. The molecule has 3 rings (SSSR count). The third kappa shape index (κ3) is 4.20. The number of hydrogen-bond acceptors (Lipinski definition) is 4. The molecular formula is C20H24N2O4S. The Kier molecular flexibility index (Phi) is 5.62. The van der Waals surface area contributed by atoms with Crippen LogP contribution in [-0.4, -0.2) is 13.3 Å².